The number of hydrogen-bond acceptors (Lipinski definition) is 3. The van der Waals surface area contributed by atoms with Gasteiger partial charge in [0.05, 0.1) is 0 Å². The Morgan fingerprint density at radius 2 is 1.88 bits per heavy atom. The average Bonchev–Trinajstić information content (AvgIpc) is 1.69. The van der Waals surface area contributed by atoms with Crippen molar-refractivity contribution in [3.05, 3.63) is 12.7 Å². The standard InChI is InChI=1S/C3H3ClO.H2N3/c1-2-3(4)5;1-3-2/h2H,1H2;1-2H/q;+1. The number of carbonyl (C=O) groups excluding carboxylic acids is 1. The Hall–Kier alpha value is -0.990. The molecular formula is C3H5ClN3O+. The van der Waals surface area contributed by atoms with Gasteiger partial charge in [-0.1, -0.05) is 6.58 Å². The van der Waals surface area contributed by atoms with Gasteiger partial charge in [0.1, 0.15) is 11.1 Å². The molecule has 0 aliphatic heterocycles. The highest BCUT2D eigenvalue weighted by Crippen LogP contribution is 1.74. The van der Waals surface area contributed by atoms with E-state index in [0.717, 1.165) is 6.08 Å². The lowest BCUT2D eigenvalue weighted by Crippen LogP contribution is -1.67. The zero-order valence-corrected chi connectivity index (χ0v) is 4.77. The van der Waals surface area contributed by atoms with Crippen molar-refractivity contribution >= 4 is 16.8 Å². The number of allylic oxidation sites excluding steroid dienone is 1. The van der Waals surface area contributed by atoms with Crippen LogP contribution in [0.4, 0.5) is 0 Å². The van der Waals surface area contributed by atoms with Gasteiger partial charge in [0.2, 0.25) is 10.2 Å². The third-order valence-corrected chi connectivity index (χ3v) is 0.315. The Morgan fingerprint density at radius 1 is 1.75 bits per heavy atom. The molecule has 0 heterocycles. The fraction of sp³-hybridized carbons (Fsp3) is 0. The molecule has 0 aromatic rings. The summed E-state index contributed by atoms with van der Waals surface area (Å²) < 4.78 is 0. The van der Waals surface area contributed by atoms with Gasteiger partial charge < -0.3 is 0 Å². The summed E-state index contributed by atoms with van der Waals surface area (Å²) in [5, 5.41) is -0.509. The van der Waals surface area contributed by atoms with E-state index in [4.69, 9.17) is 22.7 Å². The summed E-state index contributed by atoms with van der Waals surface area (Å²) in [6.07, 6.45) is 1.04. The first-order valence-electron chi connectivity index (χ1n) is 1.54. The highest BCUT2D eigenvalue weighted by Gasteiger charge is 1.74. The van der Waals surface area contributed by atoms with E-state index in [-0.39, 0.29) is 0 Å². The van der Waals surface area contributed by atoms with E-state index >= 15 is 0 Å². The maximum atomic E-state index is 9.46. The fourth-order valence-corrected chi connectivity index (χ4v) is 0. The van der Waals surface area contributed by atoms with Crippen LogP contribution >= 0.6 is 11.6 Å². The van der Waals surface area contributed by atoms with Gasteiger partial charge in [-0.05, 0) is 17.7 Å². The zero-order chi connectivity index (χ0) is 6.99. The lowest BCUT2D eigenvalue weighted by Gasteiger charge is -1.59. The molecule has 0 atom stereocenters. The van der Waals surface area contributed by atoms with Gasteiger partial charge in [0.15, 0.2) is 0 Å². The van der Waals surface area contributed by atoms with Crippen LogP contribution in [0.5, 0.6) is 0 Å². The first-order chi connectivity index (χ1) is 3.68. The second kappa shape index (κ2) is 9.38. The molecule has 0 aliphatic rings. The van der Waals surface area contributed by atoms with Crippen LogP contribution in [-0.4, -0.2) is 5.24 Å². The van der Waals surface area contributed by atoms with Crippen molar-refractivity contribution in [2.75, 3.05) is 0 Å². The van der Waals surface area contributed by atoms with E-state index in [1.54, 1.807) is 0 Å². The van der Waals surface area contributed by atoms with Gasteiger partial charge in [-0.3, -0.25) is 4.79 Å². The molecule has 0 aromatic heterocycles. The van der Waals surface area contributed by atoms with Gasteiger partial charge in [0.25, 0.3) is 0 Å². The van der Waals surface area contributed by atoms with Crippen LogP contribution in [0, 0.1) is 11.1 Å². The molecule has 0 saturated carbocycles. The molecule has 0 aliphatic carbocycles. The molecule has 0 fully saturated rings. The normalized spacial score (nSPS) is 5.12. The molecule has 5 heteroatoms. The van der Waals surface area contributed by atoms with Crippen molar-refractivity contribution in [3.8, 4) is 0 Å². The summed E-state index contributed by atoms with van der Waals surface area (Å²) in [6, 6.07) is 0. The summed E-state index contributed by atoms with van der Waals surface area (Å²) in [4.78, 5) is 11.5. The number of rotatable bonds is 1. The van der Waals surface area contributed by atoms with E-state index in [1.807, 2.05) is 4.91 Å². The van der Waals surface area contributed by atoms with Crippen molar-refractivity contribution in [2.24, 2.45) is 0 Å². The minimum Gasteiger partial charge on any atom is -0.276 e. The minimum absolute atomic E-state index is 0.509. The van der Waals surface area contributed by atoms with Crippen molar-refractivity contribution in [1.82, 2.24) is 4.91 Å². The van der Waals surface area contributed by atoms with Crippen LogP contribution < -0.4 is 4.91 Å². The summed E-state index contributed by atoms with van der Waals surface area (Å²) >= 11 is 4.71. The van der Waals surface area contributed by atoms with Gasteiger partial charge in [-0.15, -0.1) is 0 Å². The third kappa shape index (κ3) is 79.0. The molecule has 0 saturated heterocycles. The van der Waals surface area contributed by atoms with Crippen molar-refractivity contribution < 1.29 is 4.79 Å². The van der Waals surface area contributed by atoms with Crippen LogP contribution in [0.25, 0.3) is 0 Å². The van der Waals surface area contributed by atoms with Gasteiger partial charge in [0, 0.05) is 0 Å². The Kier molecular flexibility index (Phi) is 11.8. The Morgan fingerprint density at radius 3 is 1.88 bits per heavy atom. The van der Waals surface area contributed by atoms with Crippen molar-refractivity contribution in [3.63, 3.8) is 0 Å². The first kappa shape index (κ1) is 10.1. The molecule has 0 bridgehead atoms. The van der Waals surface area contributed by atoms with E-state index in [1.165, 1.54) is 0 Å². The van der Waals surface area contributed by atoms with E-state index < -0.39 is 5.24 Å². The van der Waals surface area contributed by atoms with Crippen LogP contribution in [-0.2, 0) is 4.79 Å². The molecule has 0 amide bonds. The van der Waals surface area contributed by atoms with Gasteiger partial charge in [-0.25, -0.2) is 0 Å². The van der Waals surface area contributed by atoms with Gasteiger partial charge >= 0.3 is 0 Å². The van der Waals surface area contributed by atoms with E-state index in [2.05, 4.69) is 6.58 Å². The third-order valence-electron chi connectivity index (χ3n) is 0.160. The second-order valence-corrected chi connectivity index (χ2v) is 0.993. The van der Waals surface area contributed by atoms with Crippen molar-refractivity contribution in [2.45, 2.75) is 0 Å². The molecule has 0 rings (SSSR count). The summed E-state index contributed by atoms with van der Waals surface area (Å²) in [5.41, 5.74) is 11.0. The monoisotopic (exact) mass is 134 g/mol. The Labute approximate surface area is 51.2 Å². The summed E-state index contributed by atoms with van der Waals surface area (Å²) in [5.74, 6) is 0. The smallest absolute Gasteiger partial charge is 0.244 e. The quantitative estimate of drug-likeness (QED) is 0.239. The first-order valence-corrected chi connectivity index (χ1v) is 1.92. The van der Waals surface area contributed by atoms with Gasteiger partial charge in [-0.2, -0.15) is 0 Å². The topological polar surface area (TPSA) is 78.9 Å². The van der Waals surface area contributed by atoms with Crippen LogP contribution in [0.3, 0.4) is 0 Å². The number of carbonyl (C=O) groups is 1. The van der Waals surface area contributed by atoms with Crippen LogP contribution in [0.15, 0.2) is 12.7 Å². The predicted molar refractivity (Wildman–Crippen MR) is 28.6 cm³/mol. The molecule has 0 unspecified atom stereocenters. The van der Waals surface area contributed by atoms with Crippen LogP contribution in [0.1, 0.15) is 0 Å². The zero-order valence-electron chi connectivity index (χ0n) is 4.02. The molecule has 0 spiro atoms. The lowest BCUT2D eigenvalue weighted by molar-refractivity contribution is -0.107. The second-order valence-electron chi connectivity index (χ2n) is 0.620. The molecular weight excluding hydrogens is 130 g/mol. The summed E-state index contributed by atoms with van der Waals surface area (Å²) in [6.45, 7) is 3.08. The molecule has 2 N–H and O–H groups in total. The maximum absolute atomic E-state index is 9.46. The number of nitrogens with one attached hydrogen (secondary N) is 2. The van der Waals surface area contributed by atoms with E-state index in [0.29, 0.717) is 0 Å². The number of halogens is 1. The Balaban J connectivity index is 0. The fourth-order valence-electron chi connectivity index (χ4n) is 0. The SMILES string of the molecule is C=CC(=O)Cl.N=[N+]=N. The molecule has 0 radical (unpaired) electrons. The molecule has 4 nitrogen and oxygen atoms in total. The minimum atomic E-state index is -0.509. The Bertz CT molecular complexity index is 116. The number of hydrogen-bond donors (Lipinski definition) is 2. The molecule has 8 heavy (non-hydrogen) atoms. The highest BCUT2D eigenvalue weighted by atomic mass is 35.5. The maximum Gasteiger partial charge on any atom is 0.244 e. The molecule has 44 valence electrons. The summed E-state index contributed by atoms with van der Waals surface area (Å²) in [7, 11) is 0. The average molecular weight is 135 g/mol. The lowest BCUT2D eigenvalue weighted by atomic mass is 10.7. The van der Waals surface area contributed by atoms with Crippen molar-refractivity contribution in [1.29, 1.82) is 11.1 Å². The largest absolute Gasteiger partial charge is 0.276 e. The van der Waals surface area contributed by atoms with Crippen LogP contribution in [0.2, 0.25) is 0 Å². The predicted octanol–water partition coefficient (Wildman–Crippen LogP) is 1.05. The van der Waals surface area contributed by atoms with E-state index in [9.17, 15) is 4.79 Å². The number of nitrogens with zero attached hydrogens (tertiary/aromatic N) is 1. The highest BCUT2D eigenvalue weighted by molar-refractivity contribution is 6.66. The molecule has 0 aromatic carbocycles.